The second kappa shape index (κ2) is 8.78. The Bertz CT molecular complexity index is 933. The van der Waals surface area contributed by atoms with Crippen LogP contribution in [-0.4, -0.2) is 23.0 Å². The number of hydrogen-bond donors (Lipinski definition) is 2. The minimum atomic E-state index is -0.0974. The average Bonchev–Trinajstić information content (AvgIpc) is 2.73. The lowest BCUT2D eigenvalue weighted by atomic mass is 10.1. The van der Waals surface area contributed by atoms with Crippen LogP contribution in [0.25, 0.3) is 6.08 Å². The standard InChI is InChI=1S/C22H20N2O3/c1-27-20-11-6-17(7-12-20)21(26)13-8-18-3-2-14-23-22(18)24-19-9-4-16(15-25)5-10-19/h2-14,25H,15H2,1H3,(H,23,24). The van der Waals surface area contributed by atoms with Crippen molar-refractivity contribution in [3.05, 3.63) is 89.6 Å². The summed E-state index contributed by atoms with van der Waals surface area (Å²) in [6.45, 7) is 0.00528. The van der Waals surface area contributed by atoms with Gasteiger partial charge in [-0.2, -0.15) is 0 Å². The largest absolute Gasteiger partial charge is 0.497 e. The van der Waals surface area contributed by atoms with Gasteiger partial charge in [0.1, 0.15) is 11.6 Å². The van der Waals surface area contributed by atoms with Gasteiger partial charge in [0.25, 0.3) is 0 Å². The van der Waals surface area contributed by atoms with Gasteiger partial charge < -0.3 is 15.2 Å². The first-order chi connectivity index (χ1) is 13.2. The minimum Gasteiger partial charge on any atom is -0.497 e. The van der Waals surface area contributed by atoms with Crippen LogP contribution < -0.4 is 10.1 Å². The van der Waals surface area contributed by atoms with E-state index in [0.29, 0.717) is 17.1 Å². The van der Waals surface area contributed by atoms with Crippen LogP contribution in [0, 0.1) is 0 Å². The van der Waals surface area contributed by atoms with Crippen LogP contribution in [0.2, 0.25) is 0 Å². The SMILES string of the molecule is COc1ccc(C(=O)C=Cc2cccnc2Nc2ccc(CO)cc2)cc1. The molecule has 0 aliphatic heterocycles. The summed E-state index contributed by atoms with van der Waals surface area (Å²) in [4.78, 5) is 16.7. The molecule has 0 amide bonds. The maximum atomic E-state index is 12.4. The van der Waals surface area contributed by atoms with Crippen LogP contribution in [0.1, 0.15) is 21.5 Å². The Morgan fingerprint density at radius 1 is 1.11 bits per heavy atom. The number of carbonyl (C=O) groups excluding carboxylic acids is 1. The molecule has 0 radical (unpaired) electrons. The summed E-state index contributed by atoms with van der Waals surface area (Å²) in [7, 11) is 1.59. The molecule has 0 saturated carbocycles. The highest BCUT2D eigenvalue weighted by Gasteiger charge is 2.05. The molecule has 5 nitrogen and oxygen atoms in total. The zero-order valence-corrected chi connectivity index (χ0v) is 14.9. The number of carbonyl (C=O) groups is 1. The van der Waals surface area contributed by atoms with Gasteiger partial charge in [0, 0.05) is 23.0 Å². The Hall–Kier alpha value is -3.44. The number of rotatable bonds is 7. The first-order valence-corrected chi connectivity index (χ1v) is 8.48. The van der Waals surface area contributed by atoms with Crippen molar-refractivity contribution in [3.63, 3.8) is 0 Å². The fraction of sp³-hybridized carbons (Fsp3) is 0.0909. The highest BCUT2D eigenvalue weighted by atomic mass is 16.5. The van der Waals surface area contributed by atoms with Gasteiger partial charge in [-0.1, -0.05) is 12.1 Å². The van der Waals surface area contributed by atoms with Crippen molar-refractivity contribution in [2.75, 3.05) is 12.4 Å². The molecule has 3 aromatic rings. The third-order valence-electron chi connectivity index (χ3n) is 4.03. The van der Waals surface area contributed by atoms with E-state index in [1.807, 2.05) is 36.4 Å². The quantitative estimate of drug-likeness (QED) is 0.487. The van der Waals surface area contributed by atoms with Crippen molar-refractivity contribution < 1.29 is 14.6 Å². The van der Waals surface area contributed by atoms with E-state index in [1.54, 1.807) is 43.6 Å². The number of ketones is 1. The molecule has 0 aliphatic rings. The van der Waals surface area contributed by atoms with E-state index >= 15 is 0 Å². The van der Waals surface area contributed by atoms with E-state index in [-0.39, 0.29) is 12.4 Å². The monoisotopic (exact) mass is 360 g/mol. The Morgan fingerprint density at radius 2 is 1.85 bits per heavy atom. The Labute approximate surface area is 158 Å². The number of nitrogens with zero attached hydrogens (tertiary/aromatic N) is 1. The summed E-state index contributed by atoms with van der Waals surface area (Å²) in [6, 6.07) is 18.1. The van der Waals surface area contributed by atoms with Gasteiger partial charge in [0.2, 0.25) is 0 Å². The van der Waals surface area contributed by atoms with Crippen LogP contribution in [0.15, 0.2) is 72.9 Å². The van der Waals surface area contributed by atoms with Crippen LogP contribution in [-0.2, 0) is 6.61 Å². The number of benzene rings is 2. The second-order valence-electron chi connectivity index (χ2n) is 5.85. The molecule has 0 fully saturated rings. The number of aromatic nitrogens is 1. The topological polar surface area (TPSA) is 71.5 Å². The Kier molecular flexibility index (Phi) is 5.97. The predicted molar refractivity (Wildman–Crippen MR) is 106 cm³/mol. The van der Waals surface area contributed by atoms with E-state index in [4.69, 9.17) is 9.84 Å². The molecule has 0 aliphatic carbocycles. The van der Waals surface area contributed by atoms with E-state index in [9.17, 15) is 4.79 Å². The van der Waals surface area contributed by atoms with Crippen molar-refractivity contribution in [2.24, 2.45) is 0 Å². The maximum Gasteiger partial charge on any atom is 0.185 e. The molecule has 3 rings (SSSR count). The highest BCUT2D eigenvalue weighted by molar-refractivity contribution is 6.07. The highest BCUT2D eigenvalue weighted by Crippen LogP contribution is 2.20. The van der Waals surface area contributed by atoms with Crippen molar-refractivity contribution in [1.29, 1.82) is 0 Å². The molecular weight excluding hydrogens is 340 g/mol. The first kappa shape index (κ1) is 18.4. The number of aliphatic hydroxyl groups is 1. The van der Waals surface area contributed by atoms with Gasteiger partial charge in [-0.25, -0.2) is 4.98 Å². The summed E-state index contributed by atoms with van der Waals surface area (Å²) in [5.74, 6) is 1.26. The maximum absolute atomic E-state index is 12.4. The van der Waals surface area contributed by atoms with Crippen LogP contribution in [0.5, 0.6) is 5.75 Å². The van der Waals surface area contributed by atoms with Gasteiger partial charge in [-0.3, -0.25) is 4.79 Å². The summed E-state index contributed by atoms with van der Waals surface area (Å²) < 4.78 is 5.11. The molecule has 0 bridgehead atoms. The lowest BCUT2D eigenvalue weighted by molar-refractivity contribution is 0.104. The smallest absolute Gasteiger partial charge is 0.185 e. The summed E-state index contributed by atoms with van der Waals surface area (Å²) >= 11 is 0. The number of hydrogen-bond acceptors (Lipinski definition) is 5. The molecule has 1 heterocycles. The van der Waals surface area contributed by atoms with E-state index < -0.39 is 0 Å². The lowest BCUT2D eigenvalue weighted by Gasteiger charge is -2.09. The molecule has 136 valence electrons. The fourth-order valence-corrected chi connectivity index (χ4v) is 2.50. The Morgan fingerprint density at radius 3 is 2.52 bits per heavy atom. The number of nitrogens with one attached hydrogen (secondary N) is 1. The molecular formula is C22H20N2O3. The number of methoxy groups -OCH3 is 1. The van der Waals surface area contributed by atoms with Gasteiger partial charge >= 0.3 is 0 Å². The van der Waals surface area contributed by atoms with E-state index in [2.05, 4.69) is 10.3 Å². The van der Waals surface area contributed by atoms with Crippen LogP contribution >= 0.6 is 0 Å². The zero-order chi connectivity index (χ0) is 19.1. The first-order valence-electron chi connectivity index (χ1n) is 8.48. The van der Waals surface area contributed by atoms with E-state index in [0.717, 1.165) is 16.8 Å². The predicted octanol–water partition coefficient (Wildman–Crippen LogP) is 4.22. The molecule has 5 heteroatoms. The minimum absolute atomic E-state index is 0.00528. The van der Waals surface area contributed by atoms with Crippen molar-refractivity contribution in [2.45, 2.75) is 6.61 Å². The number of aliphatic hydroxyl groups excluding tert-OH is 1. The molecule has 2 aromatic carbocycles. The van der Waals surface area contributed by atoms with Gasteiger partial charge in [0.15, 0.2) is 5.78 Å². The molecule has 0 unspecified atom stereocenters. The zero-order valence-electron chi connectivity index (χ0n) is 14.9. The molecule has 1 aromatic heterocycles. The lowest BCUT2D eigenvalue weighted by Crippen LogP contribution is -1.97. The van der Waals surface area contributed by atoms with Crippen LogP contribution in [0.3, 0.4) is 0 Å². The van der Waals surface area contributed by atoms with Gasteiger partial charge in [-0.05, 0) is 66.2 Å². The third-order valence-corrected chi connectivity index (χ3v) is 4.03. The number of ether oxygens (including phenoxy) is 1. The fourth-order valence-electron chi connectivity index (χ4n) is 2.50. The normalized spacial score (nSPS) is 10.7. The average molecular weight is 360 g/mol. The number of allylic oxidation sites excluding steroid dienone is 1. The molecule has 27 heavy (non-hydrogen) atoms. The third kappa shape index (κ3) is 4.80. The van der Waals surface area contributed by atoms with Crippen LogP contribution in [0.4, 0.5) is 11.5 Å². The Balaban J connectivity index is 1.76. The van der Waals surface area contributed by atoms with Crippen molar-refractivity contribution in [3.8, 4) is 5.75 Å². The van der Waals surface area contributed by atoms with Crippen molar-refractivity contribution >= 4 is 23.4 Å². The number of pyridine rings is 1. The summed E-state index contributed by atoms with van der Waals surface area (Å²) in [5, 5.41) is 12.4. The molecule has 0 spiro atoms. The van der Waals surface area contributed by atoms with Crippen molar-refractivity contribution in [1.82, 2.24) is 4.98 Å². The van der Waals surface area contributed by atoms with E-state index in [1.165, 1.54) is 6.08 Å². The summed E-state index contributed by atoms with van der Waals surface area (Å²) in [5.41, 5.74) is 3.07. The second-order valence-corrected chi connectivity index (χ2v) is 5.85. The molecule has 0 saturated heterocycles. The summed E-state index contributed by atoms with van der Waals surface area (Å²) in [6.07, 6.45) is 4.95. The molecule has 0 atom stereocenters. The number of anilines is 2. The molecule has 2 N–H and O–H groups in total. The van der Waals surface area contributed by atoms with Gasteiger partial charge in [0.05, 0.1) is 13.7 Å². The van der Waals surface area contributed by atoms with Gasteiger partial charge in [-0.15, -0.1) is 0 Å².